The quantitative estimate of drug-likeness (QED) is 0.859. The molecule has 0 atom stereocenters. The molecule has 0 aliphatic carbocycles. The number of benzene rings is 1. The second kappa shape index (κ2) is 4.61. The largest absolute Gasteiger partial charge is 0.417 e. The van der Waals surface area contributed by atoms with Gasteiger partial charge < -0.3 is 5.73 Å². The summed E-state index contributed by atoms with van der Waals surface area (Å²) in [7, 11) is 0. The van der Waals surface area contributed by atoms with Crippen LogP contribution in [0.1, 0.15) is 11.1 Å². The number of nitriles is 1. The van der Waals surface area contributed by atoms with Gasteiger partial charge in [-0.1, -0.05) is 18.2 Å². The molecule has 96 valence electrons. The van der Waals surface area contributed by atoms with Crippen molar-refractivity contribution in [1.82, 2.24) is 4.98 Å². The summed E-state index contributed by atoms with van der Waals surface area (Å²) in [4.78, 5) is 3.85. The Labute approximate surface area is 107 Å². The van der Waals surface area contributed by atoms with Crippen molar-refractivity contribution in [2.24, 2.45) is 0 Å². The summed E-state index contributed by atoms with van der Waals surface area (Å²) >= 11 is 0. The van der Waals surface area contributed by atoms with Crippen LogP contribution in [0.25, 0.3) is 11.3 Å². The van der Waals surface area contributed by atoms with Gasteiger partial charge in [0.25, 0.3) is 0 Å². The molecule has 1 aromatic carbocycles. The van der Waals surface area contributed by atoms with Gasteiger partial charge in [0.05, 0.1) is 28.7 Å². The fourth-order valence-electron chi connectivity index (χ4n) is 1.72. The molecule has 0 fully saturated rings. The molecule has 0 aliphatic rings. The Morgan fingerprint density at radius 2 is 1.89 bits per heavy atom. The van der Waals surface area contributed by atoms with Gasteiger partial charge in [-0.2, -0.15) is 18.4 Å². The van der Waals surface area contributed by atoms with Crippen molar-refractivity contribution in [2.75, 3.05) is 5.73 Å². The van der Waals surface area contributed by atoms with E-state index in [9.17, 15) is 13.2 Å². The highest BCUT2D eigenvalue weighted by Gasteiger charge is 2.34. The highest BCUT2D eigenvalue weighted by atomic mass is 19.4. The molecule has 2 N–H and O–H groups in total. The lowest BCUT2D eigenvalue weighted by atomic mass is 10.00. The molecular weight excluding hydrogens is 255 g/mol. The number of pyridine rings is 1. The molecule has 3 nitrogen and oxygen atoms in total. The van der Waals surface area contributed by atoms with Gasteiger partial charge in [-0.25, -0.2) is 0 Å². The first-order chi connectivity index (χ1) is 8.93. The summed E-state index contributed by atoms with van der Waals surface area (Å²) in [5.41, 5.74) is 4.72. The minimum Gasteiger partial charge on any atom is -0.397 e. The summed E-state index contributed by atoms with van der Waals surface area (Å²) in [5.74, 6) is 0. The number of nitrogen functional groups attached to an aromatic ring is 1. The van der Waals surface area contributed by atoms with E-state index in [0.717, 1.165) is 6.07 Å². The Morgan fingerprint density at radius 3 is 2.53 bits per heavy atom. The third-order valence-electron chi connectivity index (χ3n) is 2.52. The molecule has 0 radical (unpaired) electrons. The van der Waals surface area contributed by atoms with Crippen molar-refractivity contribution >= 4 is 5.69 Å². The summed E-state index contributed by atoms with van der Waals surface area (Å²) < 4.78 is 38.7. The van der Waals surface area contributed by atoms with Crippen LogP contribution < -0.4 is 5.73 Å². The third-order valence-corrected chi connectivity index (χ3v) is 2.52. The molecule has 6 heteroatoms. The van der Waals surface area contributed by atoms with Gasteiger partial charge in [0.2, 0.25) is 0 Å². The Hall–Kier alpha value is -2.55. The average molecular weight is 263 g/mol. The van der Waals surface area contributed by atoms with Crippen molar-refractivity contribution in [3.05, 3.63) is 47.7 Å². The van der Waals surface area contributed by atoms with Gasteiger partial charge in [-0.05, 0) is 12.1 Å². The molecule has 2 rings (SSSR count). The van der Waals surface area contributed by atoms with Gasteiger partial charge >= 0.3 is 6.18 Å². The Kier molecular flexibility index (Phi) is 3.13. The Balaban J connectivity index is 2.71. The van der Waals surface area contributed by atoms with E-state index in [0.29, 0.717) is 0 Å². The van der Waals surface area contributed by atoms with Crippen molar-refractivity contribution < 1.29 is 13.2 Å². The molecule has 0 aliphatic heterocycles. The van der Waals surface area contributed by atoms with E-state index in [-0.39, 0.29) is 22.5 Å². The molecule has 0 bridgehead atoms. The lowest BCUT2D eigenvalue weighted by Gasteiger charge is -2.13. The number of anilines is 1. The minimum absolute atomic E-state index is 0.0108. The lowest BCUT2D eigenvalue weighted by Crippen LogP contribution is -2.08. The summed E-state index contributed by atoms with van der Waals surface area (Å²) in [5, 5.41) is 8.97. The summed E-state index contributed by atoms with van der Waals surface area (Å²) in [6, 6.07) is 8.09. The monoisotopic (exact) mass is 263 g/mol. The smallest absolute Gasteiger partial charge is 0.397 e. The average Bonchev–Trinajstić information content (AvgIpc) is 2.37. The Bertz CT molecular complexity index is 657. The molecule has 1 heterocycles. The van der Waals surface area contributed by atoms with E-state index in [1.807, 2.05) is 0 Å². The fraction of sp³-hybridized carbons (Fsp3) is 0.0769. The van der Waals surface area contributed by atoms with Gasteiger partial charge in [-0.15, -0.1) is 0 Å². The molecule has 0 unspecified atom stereocenters. The number of nitrogens with two attached hydrogens (primary N) is 1. The van der Waals surface area contributed by atoms with E-state index in [1.54, 1.807) is 6.07 Å². The molecule has 0 spiro atoms. The zero-order valence-corrected chi connectivity index (χ0v) is 9.57. The van der Waals surface area contributed by atoms with Gasteiger partial charge in [-0.3, -0.25) is 4.98 Å². The number of halogens is 3. The van der Waals surface area contributed by atoms with Crippen LogP contribution >= 0.6 is 0 Å². The van der Waals surface area contributed by atoms with Crippen LogP contribution in [-0.4, -0.2) is 4.98 Å². The third kappa shape index (κ3) is 2.50. The fourth-order valence-corrected chi connectivity index (χ4v) is 1.72. The van der Waals surface area contributed by atoms with Crippen LogP contribution in [0.2, 0.25) is 0 Å². The number of nitrogens with zero attached hydrogens (tertiary/aromatic N) is 2. The molecule has 0 amide bonds. The second-order valence-electron chi connectivity index (χ2n) is 3.82. The maximum absolute atomic E-state index is 12.9. The van der Waals surface area contributed by atoms with E-state index in [1.165, 1.54) is 30.5 Å². The van der Waals surface area contributed by atoms with Crippen LogP contribution in [-0.2, 0) is 6.18 Å². The molecule has 1 aromatic heterocycles. The van der Waals surface area contributed by atoms with Gasteiger partial charge in [0, 0.05) is 5.56 Å². The maximum Gasteiger partial charge on any atom is 0.417 e. The zero-order valence-electron chi connectivity index (χ0n) is 9.57. The summed E-state index contributed by atoms with van der Waals surface area (Å²) in [6.07, 6.45) is -3.28. The highest BCUT2D eigenvalue weighted by Crippen LogP contribution is 2.37. The number of rotatable bonds is 1. The first kappa shape index (κ1) is 12.9. The van der Waals surface area contributed by atoms with Crippen molar-refractivity contribution in [2.45, 2.75) is 6.18 Å². The molecule has 2 aromatic rings. The van der Waals surface area contributed by atoms with E-state index >= 15 is 0 Å². The maximum atomic E-state index is 12.9. The normalized spacial score (nSPS) is 11.1. The number of aromatic nitrogens is 1. The van der Waals surface area contributed by atoms with Crippen molar-refractivity contribution in [3.8, 4) is 17.3 Å². The van der Waals surface area contributed by atoms with Crippen LogP contribution in [0.15, 0.2) is 36.5 Å². The Morgan fingerprint density at radius 1 is 1.21 bits per heavy atom. The van der Waals surface area contributed by atoms with Crippen molar-refractivity contribution in [1.29, 1.82) is 5.26 Å². The lowest BCUT2D eigenvalue weighted by molar-refractivity contribution is -0.137. The SMILES string of the molecule is N#Cc1cc(N)cnc1-c1ccccc1C(F)(F)F. The van der Waals surface area contributed by atoms with Gasteiger partial charge in [0.15, 0.2) is 0 Å². The van der Waals surface area contributed by atoms with Crippen molar-refractivity contribution in [3.63, 3.8) is 0 Å². The standard InChI is InChI=1S/C13H8F3N3/c14-13(15,16)11-4-2-1-3-10(11)12-8(6-17)5-9(18)7-19-12/h1-5,7H,18H2. The first-order valence-corrected chi connectivity index (χ1v) is 5.25. The highest BCUT2D eigenvalue weighted by molar-refractivity contribution is 5.71. The van der Waals surface area contributed by atoms with E-state index in [4.69, 9.17) is 11.0 Å². The molecular formula is C13H8F3N3. The molecule has 0 saturated carbocycles. The molecule has 0 saturated heterocycles. The van der Waals surface area contributed by atoms with Gasteiger partial charge in [0.1, 0.15) is 6.07 Å². The van der Waals surface area contributed by atoms with Crippen LogP contribution in [0.5, 0.6) is 0 Å². The number of hydrogen-bond donors (Lipinski definition) is 1. The van der Waals surface area contributed by atoms with Crippen LogP contribution in [0.3, 0.4) is 0 Å². The van der Waals surface area contributed by atoms with E-state index in [2.05, 4.69) is 4.98 Å². The second-order valence-corrected chi connectivity index (χ2v) is 3.82. The zero-order chi connectivity index (χ0) is 14.0. The topological polar surface area (TPSA) is 62.7 Å². The number of alkyl halides is 3. The predicted molar refractivity (Wildman–Crippen MR) is 63.8 cm³/mol. The van der Waals surface area contributed by atoms with Crippen LogP contribution in [0.4, 0.5) is 18.9 Å². The van der Waals surface area contributed by atoms with Crippen LogP contribution in [0, 0.1) is 11.3 Å². The molecule has 19 heavy (non-hydrogen) atoms. The number of hydrogen-bond acceptors (Lipinski definition) is 3. The summed E-state index contributed by atoms with van der Waals surface area (Å²) in [6.45, 7) is 0. The van der Waals surface area contributed by atoms with E-state index < -0.39 is 11.7 Å². The first-order valence-electron chi connectivity index (χ1n) is 5.25. The minimum atomic E-state index is -4.51. The predicted octanol–water partition coefficient (Wildman–Crippen LogP) is 3.22.